The number of amides is 2. The van der Waals surface area contributed by atoms with Gasteiger partial charge in [0.1, 0.15) is 5.82 Å². The van der Waals surface area contributed by atoms with E-state index in [2.05, 4.69) is 10.6 Å². The molecule has 1 aliphatic carbocycles. The summed E-state index contributed by atoms with van der Waals surface area (Å²) in [6.07, 6.45) is 2.68. The molecule has 0 saturated carbocycles. The highest BCUT2D eigenvalue weighted by Crippen LogP contribution is 2.36. The van der Waals surface area contributed by atoms with Crippen LogP contribution in [-0.4, -0.2) is 28.2 Å². The van der Waals surface area contributed by atoms with Gasteiger partial charge in [-0.1, -0.05) is 39.0 Å². The number of fused-ring (bicyclic) bond motifs is 1. The van der Waals surface area contributed by atoms with E-state index in [9.17, 15) is 14.0 Å². The molecule has 1 fully saturated rings. The van der Waals surface area contributed by atoms with E-state index in [1.807, 2.05) is 26.8 Å². The largest absolute Gasteiger partial charge is 0.350 e. The summed E-state index contributed by atoms with van der Waals surface area (Å²) in [7, 11) is 0. The second-order valence-corrected chi connectivity index (χ2v) is 9.29. The summed E-state index contributed by atoms with van der Waals surface area (Å²) in [5.41, 5.74) is 2.78. The van der Waals surface area contributed by atoms with Crippen molar-refractivity contribution in [1.82, 2.24) is 15.5 Å². The standard InChI is InChI=1S/C26H31FN4O2/c1-4-26(5-2)14-22(32)31(25(28)30-26)15-17-7-6-8-19(12-17)24(33)29-23-16(3)11-18-9-10-20(27)13-21(18)23/h6-10,12-13,16,23H,4-5,11,14-15H2,1-3H3,(H2,28,30)(H,29,33)/t16-,23+/m1/s1. The molecular formula is C26H31FN4O2. The number of hydrogen-bond acceptors (Lipinski definition) is 3. The molecule has 0 spiro atoms. The molecular weight excluding hydrogens is 419 g/mol. The number of nitrogens with zero attached hydrogens (tertiary/aromatic N) is 1. The summed E-state index contributed by atoms with van der Waals surface area (Å²) in [5.74, 6) is -0.357. The molecule has 0 radical (unpaired) electrons. The Morgan fingerprint density at radius 3 is 2.70 bits per heavy atom. The van der Waals surface area contributed by atoms with Crippen molar-refractivity contribution in [3.8, 4) is 0 Å². The fraction of sp³-hybridized carbons (Fsp3) is 0.423. The molecule has 0 bridgehead atoms. The Hall–Kier alpha value is -3.22. The first kappa shape index (κ1) is 23.0. The van der Waals surface area contributed by atoms with Crippen LogP contribution < -0.4 is 10.6 Å². The Balaban J connectivity index is 1.48. The van der Waals surface area contributed by atoms with Gasteiger partial charge < -0.3 is 10.6 Å². The highest BCUT2D eigenvalue weighted by Gasteiger charge is 2.39. The van der Waals surface area contributed by atoms with Gasteiger partial charge in [-0.15, -0.1) is 0 Å². The molecule has 2 amide bonds. The maximum atomic E-state index is 13.8. The number of hydrogen-bond donors (Lipinski definition) is 3. The lowest BCUT2D eigenvalue weighted by atomic mass is 9.87. The number of benzene rings is 2. The molecule has 33 heavy (non-hydrogen) atoms. The Morgan fingerprint density at radius 2 is 2.00 bits per heavy atom. The number of carbonyl (C=O) groups is 2. The lowest BCUT2D eigenvalue weighted by Gasteiger charge is -2.42. The Bertz CT molecular complexity index is 1080. The van der Waals surface area contributed by atoms with Crippen molar-refractivity contribution >= 4 is 17.8 Å². The lowest BCUT2D eigenvalue weighted by Crippen LogP contribution is -2.61. The van der Waals surface area contributed by atoms with Gasteiger partial charge in [-0.2, -0.15) is 0 Å². The monoisotopic (exact) mass is 450 g/mol. The zero-order valence-electron chi connectivity index (χ0n) is 19.4. The molecule has 174 valence electrons. The van der Waals surface area contributed by atoms with Gasteiger partial charge in [0.25, 0.3) is 5.91 Å². The topological polar surface area (TPSA) is 85.3 Å². The number of nitrogens with one attached hydrogen (secondary N) is 3. The molecule has 1 heterocycles. The van der Waals surface area contributed by atoms with E-state index in [4.69, 9.17) is 5.41 Å². The summed E-state index contributed by atoms with van der Waals surface area (Å²) in [5, 5.41) is 14.6. The Morgan fingerprint density at radius 1 is 1.24 bits per heavy atom. The van der Waals surface area contributed by atoms with Crippen LogP contribution in [0.5, 0.6) is 0 Å². The molecule has 0 unspecified atom stereocenters. The highest BCUT2D eigenvalue weighted by molar-refractivity contribution is 5.99. The van der Waals surface area contributed by atoms with Crippen LogP contribution in [0, 0.1) is 17.1 Å². The number of carbonyl (C=O) groups excluding carboxylic acids is 2. The fourth-order valence-electron chi connectivity index (χ4n) is 4.97. The third-order valence-corrected chi connectivity index (χ3v) is 7.17. The zero-order valence-corrected chi connectivity index (χ0v) is 19.4. The first-order chi connectivity index (χ1) is 15.7. The van der Waals surface area contributed by atoms with Gasteiger partial charge in [0.05, 0.1) is 19.0 Å². The normalized spacial score (nSPS) is 21.5. The second-order valence-electron chi connectivity index (χ2n) is 9.29. The number of halogens is 1. The minimum atomic E-state index is -0.361. The predicted molar refractivity (Wildman–Crippen MR) is 125 cm³/mol. The van der Waals surface area contributed by atoms with Crippen LogP contribution in [0.3, 0.4) is 0 Å². The maximum Gasteiger partial charge on any atom is 0.251 e. The van der Waals surface area contributed by atoms with Crippen LogP contribution in [0.4, 0.5) is 4.39 Å². The Labute approximate surface area is 194 Å². The van der Waals surface area contributed by atoms with Gasteiger partial charge in [-0.05, 0) is 66.1 Å². The van der Waals surface area contributed by atoms with Crippen molar-refractivity contribution in [3.63, 3.8) is 0 Å². The van der Waals surface area contributed by atoms with Crippen LogP contribution in [-0.2, 0) is 17.8 Å². The van der Waals surface area contributed by atoms with E-state index in [0.29, 0.717) is 12.0 Å². The van der Waals surface area contributed by atoms with Gasteiger partial charge in [0.2, 0.25) is 5.91 Å². The number of guanidine groups is 1. The summed E-state index contributed by atoms with van der Waals surface area (Å²) in [6, 6.07) is 11.6. The van der Waals surface area contributed by atoms with Crippen molar-refractivity contribution in [2.75, 3.05) is 0 Å². The van der Waals surface area contributed by atoms with Crippen molar-refractivity contribution in [3.05, 3.63) is 70.5 Å². The van der Waals surface area contributed by atoms with Crippen molar-refractivity contribution in [2.45, 2.75) is 64.6 Å². The van der Waals surface area contributed by atoms with E-state index < -0.39 is 0 Å². The molecule has 2 aliphatic rings. The number of rotatable bonds is 6. The van der Waals surface area contributed by atoms with E-state index in [1.54, 1.807) is 24.3 Å². The average Bonchev–Trinajstić information content (AvgIpc) is 3.10. The Kier molecular flexibility index (Phi) is 6.23. The van der Waals surface area contributed by atoms with Gasteiger partial charge in [0, 0.05) is 11.1 Å². The SMILES string of the molecule is CCC1(CC)CC(=O)N(Cc2cccc(C(=O)N[C@@H]3c4cc(F)ccc4C[C@H]3C)c2)C(=N)N1. The molecule has 1 aliphatic heterocycles. The maximum absolute atomic E-state index is 13.8. The lowest BCUT2D eigenvalue weighted by molar-refractivity contribution is -0.131. The van der Waals surface area contributed by atoms with E-state index in [1.165, 1.54) is 17.0 Å². The minimum Gasteiger partial charge on any atom is -0.350 e. The first-order valence-electron chi connectivity index (χ1n) is 11.6. The molecule has 6 nitrogen and oxygen atoms in total. The molecule has 2 aromatic carbocycles. The van der Waals surface area contributed by atoms with Crippen molar-refractivity contribution in [1.29, 1.82) is 5.41 Å². The van der Waals surface area contributed by atoms with Crippen molar-refractivity contribution in [2.24, 2.45) is 5.92 Å². The van der Waals surface area contributed by atoms with Crippen LogP contribution in [0.1, 0.15) is 73.1 Å². The third-order valence-electron chi connectivity index (χ3n) is 7.17. The zero-order chi connectivity index (χ0) is 23.8. The summed E-state index contributed by atoms with van der Waals surface area (Å²) in [4.78, 5) is 27.3. The van der Waals surface area contributed by atoms with Gasteiger partial charge in [-0.3, -0.25) is 19.9 Å². The van der Waals surface area contributed by atoms with E-state index >= 15 is 0 Å². The van der Waals surface area contributed by atoms with E-state index in [0.717, 1.165) is 36.0 Å². The highest BCUT2D eigenvalue weighted by atomic mass is 19.1. The predicted octanol–water partition coefficient (Wildman–Crippen LogP) is 4.30. The first-order valence-corrected chi connectivity index (χ1v) is 11.6. The quantitative estimate of drug-likeness (QED) is 0.613. The van der Waals surface area contributed by atoms with Crippen LogP contribution in [0.15, 0.2) is 42.5 Å². The summed E-state index contributed by atoms with van der Waals surface area (Å²) < 4.78 is 13.8. The molecule has 2 aromatic rings. The molecule has 2 atom stereocenters. The molecule has 7 heteroatoms. The molecule has 0 aromatic heterocycles. The van der Waals surface area contributed by atoms with Gasteiger partial charge in [-0.25, -0.2) is 4.39 Å². The van der Waals surface area contributed by atoms with Crippen LogP contribution >= 0.6 is 0 Å². The van der Waals surface area contributed by atoms with Gasteiger partial charge >= 0.3 is 0 Å². The third kappa shape index (κ3) is 4.49. The van der Waals surface area contributed by atoms with Crippen LogP contribution in [0.2, 0.25) is 0 Å². The average molecular weight is 451 g/mol. The molecule has 3 N–H and O–H groups in total. The summed E-state index contributed by atoms with van der Waals surface area (Å²) >= 11 is 0. The minimum absolute atomic E-state index is 0.0873. The summed E-state index contributed by atoms with van der Waals surface area (Å²) in [6.45, 7) is 6.31. The van der Waals surface area contributed by atoms with Crippen molar-refractivity contribution < 1.29 is 14.0 Å². The molecule has 4 rings (SSSR count). The van der Waals surface area contributed by atoms with Gasteiger partial charge in [0.15, 0.2) is 5.96 Å². The second kappa shape index (κ2) is 8.96. The van der Waals surface area contributed by atoms with Crippen LogP contribution in [0.25, 0.3) is 0 Å². The smallest absolute Gasteiger partial charge is 0.251 e. The van der Waals surface area contributed by atoms with E-state index in [-0.39, 0.29) is 47.6 Å². The molecule has 1 saturated heterocycles. The fourth-order valence-corrected chi connectivity index (χ4v) is 4.97.